The molecule has 1 aromatic carbocycles. The molecule has 2 heterocycles. The molecule has 0 bridgehead atoms. The van der Waals surface area contributed by atoms with Crippen molar-refractivity contribution in [2.75, 3.05) is 16.0 Å². The van der Waals surface area contributed by atoms with Crippen molar-refractivity contribution in [2.45, 2.75) is 26.2 Å². The molecule has 1 amide bonds. The van der Waals surface area contributed by atoms with Gasteiger partial charge in [0.1, 0.15) is 11.2 Å². The van der Waals surface area contributed by atoms with Crippen LogP contribution in [0.5, 0.6) is 0 Å². The molecule has 0 saturated heterocycles. The molecule has 3 N–H and O–H groups in total. The molecule has 0 aliphatic heterocycles. The molecule has 2 aromatic heterocycles. The predicted molar refractivity (Wildman–Crippen MR) is 116 cm³/mol. The predicted octanol–water partition coefficient (Wildman–Crippen LogP) is 4.16. The van der Waals surface area contributed by atoms with Gasteiger partial charge < -0.3 is 16.0 Å². The first-order valence-electron chi connectivity index (χ1n) is 9.15. The van der Waals surface area contributed by atoms with Crippen molar-refractivity contribution in [3.63, 3.8) is 0 Å². The highest BCUT2D eigenvalue weighted by Gasteiger charge is 2.08. The van der Waals surface area contributed by atoms with E-state index in [9.17, 15) is 9.18 Å². The molecule has 10 heteroatoms. The topological polar surface area (TPSA) is 96.8 Å². The number of rotatable bonds is 9. The molecule has 0 fully saturated rings. The van der Waals surface area contributed by atoms with Crippen molar-refractivity contribution in [1.82, 2.24) is 19.7 Å². The Hall–Kier alpha value is -3.46. The van der Waals surface area contributed by atoms with E-state index in [1.165, 1.54) is 23.9 Å². The van der Waals surface area contributed by atoms with Crippen molar-refractivity contribution < 1.29 is 9.18 Å². The smallest absolute Gasteiger partial charge is 0.247 e. The van der Waals surface area contributed by atoms with E-state index in [4.69, 9.17) is 11.6 Å². The van der Waals surface area contributed by atoms with Crippen LogP contribution in [0.4, 0.5) is 27.5 Å². The van der Waals surface area contributed by atoms with Gasteiger partial charge in [0.25, 0.3) is 0 Å². The number of hydrogen-bond donors (Lipinski definition) is 3. The molecule has 0 spiro atoms. The van der Waals surface area contributed by atoms with Gasteiger partial charge >= 0.3 is 0 Å². The maximum atomic E-state index is 13.1. The summed E-state index contributed by atoms with van der Waals surface area (Å²) in [6.45, 7) is 5.51. The summed E-state index contributed by atoms with van der Waals surface area (Å²) in [6, 6.07) is 7.36. The van der Waals surface area contributed by atoms with Crippen LogP contribution < -0.4 is 16.0 Å². The van der Waals surface area contributed by atoms with Gasteiger partial charge in [-0.15, -0.1) is 0 Å². The first-order valence-corrected chi connectivity index (χ1v) is 9.53. The Kier molecular flexibility index (Phi) is 6.97. The maximum Gasteiger partial charge on any atom is 0.247 e. The summed E-state index contributed by atoms with van der Waals surface area (Å²) in [7, 11) is 0. The average molecular weight is 430 g/mol. The van der Waals surface area contributed by atoms with Crippen LogP contribution in [0.3, 0.4) is 0 Å². The molecule has 0 aliphatic rings. The standard InChI is InChI=1S/C20H21ClFN7O/c1-3-18(30)26-15-6-4-5-14(7-15)8-23-19-17(21)10-24-20(28-19)27-16-9-25-29(12-16)11-13(2)22/h3-7,9-10,12-13H,1,8,11H2,2H3,(H,26,30)(H2,23,24,27,28). The highest BCUT2D eigenvalue weighted by Crippen LogP contribution is 2.22. The molecular formula is C20H21ClFN7O. The molecular weight excluding hydrogens is 409 g/mol. The summed E-state index contributed by atoms with van der Waals surface area (Å²) in [5.41, 5.74) is 2.22. The second-order valence-corrected chi connectivity index (χ2v) is 6.90. The zero-order valence-corrected chi connectivity index (χ0v) is 17.0. The monoisotopic (exact) mass is 429 g/mol. The van der Waals surface area contributed by atoms with E-state index in [1.54, 1.807) is 18.5 Å². The molecule has 1 atom stereocenters. The van der Waals surface area contributed by atoms with Gasteiger partial charge in [-0.25, -0.2) is 9.37 Å². The summed E-state index contributed by atoms with van der Waals surface area (Å²) in [6.07, 6.45) is 4.93. The van der Waals surface area contributed by atoms with Gasteiger partial charge in [0.15, 0.2) is 5.82 Å². The maximum absolute atomic E-state index is 13.1. The molecule has 0 aliphatic carbocycles. The molecule has 3 rings (SSSR count). The van der Waals surface area contributed by atoms with Gasteiger partial charge in [-0.2, -0.15) is 10.1 Å². The third-order valence-electron chi connectivity index (χ3n) is 3.91. The summed E-state index contributed by atoms with van der Waals surface area (Å²) in [4.78, 5) is 20.0. The Balaban J connectivity index is 1.66. The number of halogens is 2. The van der Waals surface area contributed by atoms with Crippen LogP contribution in [0, 0.1) is 0 Å². The van der Waals surface area contributed by atoms with Gasteiger partial charge in [0.05, 0.1) is 24.6 Å². The average Bonchev–Trinajstić information content (AvgIpc) is 3.14. The molecule has 0 saturated carbocycles. The van der Waals surface area contributed by atoms with E-state index in [1.807, 2.05) is 18.2 Å². The first kappa shape index (κ1) is 21.3. The van der Waals surface area contributed by atoms with Crippen LogP contribution in [0.2, 0.25) is 5.02 Å². The molecule has 30 heavy (non-hydrogen) atoms. The minimum Gasteiger partial charge on any atom is -0.365 e. The third-order valence-corrected chi connectivity index (χ3v) is 4.19. The Morgan fingerprint density at radius 1 is 1.37 bits per heavy atom. The minimum atomic E-state index is -0.996. The summed E-state index contributed by atoms with van der Waals surface area (Å²) < 4.78 is 14.6. The van der Waals surface area contributed by atoms with Crippen molar-refractivity contribution in [3.05, 3.63) is 66.1 Å². The molecule has 8 nitrogen and oxygen atoms in total. The van der Waals surface area contributed by atoms with Crippen molar-refractivity contribution in [1.29, 1.82) is 0 Å². The van der Waals surface area contributed by atoms with Crippen molar-refractivity contribution in [3.8, 4) is 0 Å². The van der Waals surface area contributed by atoms with E-state index in [-0.39, 0.29) is 12.5 Å². The number of anilines is 4. The SMILES string of the molecule is C=CC(=O)Nc1cccc(CNc2nc(Nc3cnn(CC(C)F)c3)ncc2Cl)c1. The van der Waals surface area contributed by atoms with E-state index in [0.29, 0.717) is 34.7 Å². The number of amides is 1. The number of hydrogen-bond acceptors (Lipinski definition) is 6. The number of carbonyl (C=O) groups excluding carboxylic acids is 1. The zero-order chi connectivity index (χ0) is 21.5. The number of benzene rings is 1. The highest BCUT2D eigenvalue weighted by atomic mass is 35.5. The van der Waals surface area contributed by atoms with Gasteiger partial charge in [-0.1, -0.05) is 30.3 Å². The number of alkyl halides is 1. The number of carbonyl (C=O) groups is 1. The summed E-state index contributed by atoms with van der Waals surface area (Å²) in [5, 5.41) is 13.3. The fraction of sp³-hybridized carbons (Fsp3) is 0.200. The number of nitrogens with zero attached hydrogens (tertiary/aromatic N) is 4. The second kappa shape index (κ2) is 9.84. The minimum absolute atomic E-state index is 0.169. The fourth-order valence-corrected chi connectivity index (χ4v) is 2.76. The van der Waals surface area contributed by atoms with Crippen LogP contribution in [-0.4, -0.2) is 31.8 Å². The van der Waals surface area contributed by atoms with Gasteiger partial charge in [0, 0.05) is 18.4 Å². The Morgan fingerprint density at radius 3 is 2.97 bits per heavy atom. The largest absolute Gasteiger partial charge is 0.365 e. The highest BCUT2D eigenvalue weighted by molar-refractivity contribution is 6.32. The number of aromatic nitrogens is 4. The Labute approximate surface area is 178 Å². The van der Waals surface area contributed by atoms with E-state index < -0.39 is 6.17 Å². The van der Waals surface area contributed by atoms with Crippen LogP contribution in [0.1, 0.15) is 12.5 Å². The second-order valence-electron chi connectivity index (χ2n) is 6.49. The summed E-state index contributed by atoms with van der Waals surface area (Å²) >= 11 is 6.20. The lowest BCUT2D eigenvalue weighted by atomic mass is 10.2. The molecule has 0 radical (unpaired) electrons. The Morgan fingerprint density at radius 2 is 2.20 bits per heavy atom. The Bertz CT molecular complexity index is 1040. The van der Waals surface area contributed by atoms with E-state index in [0.717, 1.165) is 5.56 Å². The quantitative estimate of drug-likeness (QED) is 0.442. The van der Waals surface area contributed by atoms with E-state index in [2.05, 4.69) is 37.6 Å². The lowest BCUT2D eigenvalue weighted by molar-refractivity contribution is -0.111. The van der Waals surface area contributed by atoms with E-state index >= 15 is 0 Å². The van der Waals surface area contributed by atoms with Crippen molar-refractivity contribution in [2.24, 2.45) is 0 Å². The summed E-state index contributed by atoms with van der Waals surface area (Å²) in [5.74, 6) is 0.486. The van der Waals surface area contributed by atoms with Crippen molar-refractivity contribution >= 4 is 40.6 Å². The lowest BCUT2D eigenvalue weighted by Crippen LogP contribution is -2.08. The van der Waals surface area contributed by atoms with Gasteiger partial charge in [-0.3, -0.25) is 9.48 Å². The van der Waals surface area contributed by atoms with Crippen LogP contribution in [0.15, 0.2) is 55.5 Å². The zero-order valence-electron chi connectivity index (χ0n) is 16.3. The van der Waals surface area contributed by atoms with Crippen LogP contribution in [0.25, 0.3) is 0 Å². The third kappa shape index (κ3) is 6.02. The molecule has 3 aromatic rings. The van der Waals surface area contributed by atoms with Crippen LogP contribution in [-0.2, 0) is 17.9 Å². The van der Waals surface area contributed by atoms with Crippen LogP contribution >= 0.6 is 11.6 Å². The molecule has 1 unspecified atom stereocenters. The first-order chi connectivity index (χ1) is 14.4. The number of nitrogens with one attached hydrogen (secondary N) is 3. The normalized spacial score (nSPS) is 11.6. The van der Waals surface area contributed by atoms with Gasteiger partial charge in [-0.05, 0) is 30.7 Å². The van der Waals surface area contributed by atoms with Gasteiger partial charge in [0.2, 0.25) is 11.9 Å². The molecule has 156 valence electrons. The fourth-order valence-electron chi connectivity index (χ4n) is 2.60. The lowest BCUT2D eigenvalue weighted by Gasteiger charge is -2.10.